The highest BCUT2D eigenvalue weighted by Gasteiger charge is 2.37. The van der Waals surface area contributed by atoms with Gasteiger partial charge in [-0.1, -0.05) is 13.8 Å². The van der Waals surface area contributed by atoms with Crippen molar-refractivity contribution < 1.29 is 9.59 Å². The number of carbonyl (C=O) groups excluding carboxylic acids is 2. The number of hydrogen-bond acceptors (Lipinski definition) is 2. The molecule has 1 aliphatic rings. The summed E-state index contributed by atoms with van der Waals surface area (Å²) in [6.07, 6.45) is 2.07. The molecule has 1 saturated carbocycles. The minimum absolute atomic E-state index is 0.0582. The molecule has 0 bridgehead atoms. The number of Topliss-reactive ketones (excluding diaryl/α,β-unsaturated/α-hetero) is 1. The molecule has 0 amide bonds. The van der Waals surface area contributed by atoms with Crippen molar-refractivity contribution in [3.63, 3.8) is 0 Å². The normalized spacial score (nSPS) is 30.6. The van der Waals surface area contributed by atoms with Crippen molar-refractivity contribution in [3.05, 3.63) is 0 Å². The maximum Gasteiger partial charge on any atom is 0.143 e. The average molecular weight is 140 g/mol. The lowest BCUT2D eigenvalue weighted by Gasteiger charge is -2.13. The Balaban J connectivity index is 2.70. The second-order valence-corrected chi connectivity index (χ2v) is 3.75. The quantitative estimate of drug-likeness (QED) is 0.405. The van der Waals surface area contributed by atoms with Gasteiger partial charge in [0.25, 0.3) is 0 Å². The van der Waals surface area contributed by atoms with Gasteiger partial charge in [-0.3, -0.25) is 4.79 Å². The molecule has 10 heavy (non-hydrogen) atoms. The van der Waals surface area contributed by atoms with Gasteiger partial charge in [0, 0.05) is 6.42 Å². The van der Waals surface area contributed by atoms with Crippen LogP contribution in [0.4, 0.5) is 0 Å². The predicted molar refractivity (Wildman–Crippen MR) is 37.6 cm³/mol. The van der Waals surface area contributed by atoms with Gasteiger partial charge in [0.05, 0.1) is 5.92 Å². The standard InChI is InChI=1S/C8H12O2/c1-8(2)3-6(5-9)7(10)4-8/h5-6H,3-4H2,1-2H3. The first-order valence-corrected chi connectivity index (χ1v) is 3.53. The molecule has 2 nitrogen and oxygen atoms in total. The SMILES string of the molecule is CC1(C)CC(=O)C(C=O)C1. The molecular weight excluding hydrogens is 128 g/mol. The molecular formula is C8H12O2. The first-order valence-electron chi connectivity index (χ1n) is 3.53. The molecule has 0 aromatic carbocycles. The topological polar surface area (TPSA) is 34.1 Å². The molecule has 1 aliphatic carbocycles. The molecule has 0 saturated heterocycles. The monoisotopic (exact) mass is 140 g/mol. The Labute approximate surface area is 60.6 Å². The van der Waals surface area contributed by atoms with Gasteiger partial charge in [-0.25, -0.2) is 0 Å². The van der Waals surface area contributed by atoms with Gasteiger partial charge < -0.3 is 4.79 Å². The van der Waals surface area contributed by atoms with Gasteiger partial charge in [-0.05, 0) is 11.8 Å². The van der Waals surface area contributed by atoms with Gasteiger partial charge in [-0.15, -0.1) is 0 Å². The minimum Gasteiger partial charge on any atom is -0.303 e. The van der Waals surface area contributed by atoms with Crippen molar-refractivity contribution in [1.29, 1.82) is 0 Å². The Morgan fingerprint density at radius 2 is 2.20 bits per heavy atom. The molecule has 0 aromatic heterocycles. The molecule has 0 spiro atoms. The van der Waals surface area contributed by atoms with Crippen LogP contribution in [0, 0.1) is 11.3 Å². The van der Waals surface area contributed by atoms with E-state index in [0.717, 1.165) is 12.7 Å². The Morgan fingerprint density at radius 1 is 1.60 bits per heavy atom. The highest BCUT2D eigenvalue weighted by molar-refractivity contribution is 5.95. The summed E-state index contributed by atoms with van der Waals surface area (Å²) in [5.74, 6) is -0.199. The molecule has 2 heteroatoms. The lowest BCUT2D eigenvalue weighted by Crippen LogP contribution is -2.06. The third-order valence-corrected chi connectivity index (χ3v) is 2.00. The molecule has 0 N–H and O–H groups in total. The molecule has 56 valence electrons. The summed E-state index contributed by atoms with van der Waals surface area (Å²) in [7, 11) is 0. The number of ketones is 1. The fourth-order valence-electron chi connectivity index (χ4n) is 1.51. The molecule has 1 fully saturated rings. The van der Waals surface area contributed by atoms with Crippen LogP contribution >= 0.6 is 0 Å². The van der Waals surface area contributed by atoms with E-state index >= 15 is 0 Å². The Bertz CT molecular complexity index is 170. The van der Waals surface area contributed by atoms with Crippen LogP contribution in [0.15, 0.2) is 0 Å². The second-order valence-electron chi connectivity index (χ2n) is 3.75. The van der Waals surface area contributed by atoms with Crippen molar-refractivity contribution in [3.8, 4) is 0 Å². The first-order chi connectivity index (χ1) is 4.55. The fourth-order valence-corrected chi connectivity index (χ4v) is 1.51. The van der Waals surface area contributed by atoms with E-state index in [0.29, 0.717) is 6.42 Å². The van der Waals surface area contributed by atoms with Crippen LogP contribution in [0.1, 0.15) is 26.7 Å². The first kappa shape index (κ1) is 7.45. The van der Waals surface area contributed by atoms with E-state index in [1.807, 2.05) is 13.8 Å². The van der Waals surface area contributed by atoms with E-state index in [1.165, 1.54) is 0 Å². The highest BCUT2D eigenvalue weighted by atomic mass is 16.1. The number of carbonyl (C=O) groups is 2. The van der Waals surface area contributed by atoms with Crippen molar-refractivity contribution >= 4 is 12.1 Å². The van der Waals surface area contributed by atoms with Crippen LogP contribution in [0.5, 0.6) is 0 Å². The number of rotatable bonds is 1. The maximum absolute atomic E-state index is 11.0. The van der Waals surface area contributed by atoms with E-state index in [2.05, 4.69) is 0 Å². The molecule has 0 radical (unpaired) electrons. The maximum atomic E-state index is 11.0. The van der Waals surface area contributed by atoms with E-state index in [1.54, 1.807) is 0 Å². The molecule has 1 unspecified atom stereocenters. The molecule has 1 rings (SSSR count). The van der Waals surface area contributed by atoms with E-state index in [9.17, 15) is 9.59 Å². The van der Waals surface area contributed by atoms with Crippen LogP contribution in [0.3, 0.4) is 0 Å². The zero-order valence-electron chi connectivity index (χ0n) is 6.39. The molecule has 0 aromatic rings. The Morgan fingerprint density at radius 3 is 2.40 bits per heavy atom. The van der Waals surface area contributed by atoms with Gasteiger partial charge in [0.1, 0.15) is 12.1 Å². The number of aldehydes is 1. The van der Waals surface area contributed by atoms with Crippen LogP contribution in [0.25, 0.3) is 0 Å². The lowest BCUT2D eigenvalue weighted by molar-refractivity contribution is -0.125. The predicted octanol–water partition coefficient (Wildman–Crippen LogP) is 1.19. The summed E-state index contributed by atoms with van der Waals surface area (Å²) in [4.78, 5) is 21.3. The summed E-state index contributed by atoms with van der Waals surface area (Å²) < 4.78 is 0. The smallest absolute Gasteiger partial charge is 0.143 e. The van der Waals surface area contributed by atoms with E-state index < -0.39 is 0 Å². The molecule has 0 aliphatic heterocycles. The highest BCUT2D eigenvalue weighted by Crippen LogP contribution is 2.37. The van der Waals surface area contributed by atoms with Crippen molar-refractivity contribution in [2.24, 2.45) is 11.3 Å². The summed E-state index contributed by atoms with van der Waals surface area (Å²) in [6, 6.07) is 0. The summed E-state index contributed by atoms with van der Waals surface area (Å²) in [5.41, 5.74) is 0.0582. The third kappa shape index (κ3) is 1.25. The summed E-state index contributed by atoms with van der Waals surface area (Å²) in [5, 5.41) is 0. The lowest BCUT2D eigenvalue weighted by atomic mass is 9.91. The van der Waals surface area contributed by atoms with Crippen molar-refractivity contribution in [1.82, 2.24) is 0 Å². The Kier molecular flexibility index (Phi) is 1.63. The fraction of sp³-hybridized carbons (Fsp3) is 0.750. The van der Waals surface area contributed by atoms with Gasteiger partial charge in [0.15, 0.2) is 0 Å². The van der Waals surface area contributed by atoms with Crippen LogP contribution < -0.4 is 0 Å². The van der Waals surface area contributed by atoms with Gasteiger partial charge in [0.2, 0.25) is 0 Å². The van der Waals surface area contributed by atoms with E-state index in [4.69, 9.17) is 0 Å². The van der Waals surface area contributed by atoms with Crippen molar-refractivity contribution in [2.45, 2.75) is 26.7 Å². The van der Waals surface area contributed by atoms with Crippen LogP contribution in [0.2, 0.25) is 0 Å². The number of hydrogen-bond donors (Lipinski definition) is 0. The summed E-state index contributed by atoms with van der Waals surface area (Å²) >= 11 is 0. The van der Waals surface area contributed by atoms with Gasteiger partial charge in [-0.2, -0.15) is 0 Å². The van der Waals surface area contributed by atoms with Crippen LogP contribution in [-0.2, 0) is 9.59 Å². The average Bonchev–Trinajstić information content (AvgIpc) is 2.05. The minimum atomic E-state index is -0.310. The zero-order chi connectivity index (χ0) is 7.78. The zero-order valence-corrected chi connectivity index (χ0v) is 6.39. The molecule has 0 heterocycles. The second kappa shape index (κ2) is 2.19. The largest absolute Gasteiger partial charge is 0.303 e. The van der Waals surface area contributed by atoms with E-state index in [-0.39, 0.29) is 17.1 Å². The van der Waals surface area contributed by atoms with Crippen LogP contribution in [-0.4, -0.2) is 12.1 Å². The summed E-state index contributed by atoms with van der Waals surface area (Å²) in [6.45, 7) is 4.04. The Hall–Kier alpha value is -0.660. The molecule has 1 atom stereocenters. The van der Waals surface area contributed by atoms with Gasteiger partial charge >= 0.3 is 0 Å². The van der Waals surface area contributed by atoms with Crippen molar-refractivity contribution in [2.75, 3.05) is 0 Å². The third-order valence-electron chi connectivity index (χ3n) is 2.00.